The van der Waals surface area contributed by atoms with Crippen LogP contribution in [-0.4, -0.2) is 54.8 Å². The molecule has 0 saturated carbocycles. The van der Waals surface area contributed by atoms with Crippen LogP contribution in [0.4, 0.5) is 5.95 Å². The highest BCUT2D eigenvalue weighted by Gasteiger charge is 2.15. The molecule has 162 valence electrons. The number of ether oxygens (including phenoxy) is 1. The topological polar surface area (TPSA) is 119 Å². The number of aromatic nitrogens is 2. The molecule has 0 aliphatic rings. The largest absolute Gasteiger partial charge is 0.465 e. The lowest BCUT2D eigenvalue weighted by Crippen LogP contribution is -2.26. The Morgan fingerprint density at radius 3 is 2.60 bits per heavy atom. The number of carbonyl (C=O) groups is 2. The number of carbonyl (C=O) groups excluding carboxylic acids is 2. The van der Waals surface area contributed by atoms with Gasteiger partial charge in [0, 0.05) is 24.3 Å². The lowest BCUT2D eigenvalue weighted by Gasteiger charge is -2.12. The average Bonchev–Trinajstić information content (AvgIpc) is 2.70. The third kappa shape index (κ3) is 6.70. The Labute approximate surface area is 181 Å². The zero-order chi connectivity index (χ0) is 22.1. The zero-order valence-electron chi connectivity index (χ0n) is 17.9. The lowest BCUT2D eigenvalue weighted by atomic mass is 9.98. The highest BCUT2D eigenvalue weighted by molar-refractivity contribution is 7.99. The van der Waals surface area contributed by atoms with E-state index in [1.165, 1.54) is 18.9 Å². The summed E-state index contributed by atoms with van der Waals surface area (Å²) < 4.78 is 4.87. The van der Waals surface area contributed by atoms with Gasteiger partial charge in [0.05, 0.1) is 18.4 Å². The summed E-state index contributed by atoms with van der Waals surface area (Å²) >= 11 is 1.49. The van der Waals surface area contributed by atoms with Gasteiger partial charge in [0.15, 0.2) is 0 Å². The van der Waals surface area contributed by atoms with Crippen LogP contribution in [0.2, 0.25) is 0 Å². The Hall–Kier alpha value is -2.65. The number of esters is 1. The molecule has 30 heavy (non-hydrogen) atoms. The summed E-state index contributed by atoms with van der Waals surface area (Å²) in [5.74, 6) is 0.467. The number of benzene rings is 1. The van der Waals surface area contributed by atoms with Crippen molar-refractivity contribution in [1.82, 2.24) is 20.6 Å². The number of amides is 1. The number of nitrogens with one attached hydrogen (secondary N) is 2. The number of hydrogen-bond donors (Lipinski definition) is 3. The number of aryl methyl sites for hydroxylation is 2. The van der Waals surface area contributed by atoms with Gasteiger partial charge in [-0.1, -0.05) is 6.07 Å². The number of methoxy groups -OCH3 is 1. The maximum atomic E-state index is 12.1. The van der Waals surface area contributed by atoms with Crippen LogP contribution in [0.25, 0.3) is 11.3 Å². The van der Waals surface area contributed by atoms with Crippen molar-refractivity contribution in [2.45, 2.75) is 31.7 Å². The second kappa shape index (κ2) is 11.5. The van der Waals surface area contributed by atoms with Crippen LogP contribution in [0.1, 0.15) is 34.3 Å². The SMILES string of the molecule is CNCCCC(=O)NCCSc1cc(-c2cc(C(=O)OC)c(C)cc2C)nc(N)n1. The molecule has 0 atom stereocenters. The van der Waals surface area contributed by atoms with Gasteiger partial charge in [-0.3, -0.25) is 4.79 Å². The van der Waals surface area contributed by atoms with Crippen LogP contribution in [0.15, 0.2) is 23.2 Å². The van der Waals surface area contributed by atoms with Crippen LogP contribution in [0.5, 0.6) is 0 Å². The van der Waals surface area contributed by atoms with E-state index in [1.54, 1.807) is 6.07 Å². The maximum Gasteiger partial charge on any atom is 0.338 e. The number of rotatable bonds is 10. The fourth-order valence-electron chi connectivity index (χ4n) is 2.97. The molecule has 1 heterocycles. The van der Waals surface area contributed by atoms with Crippen molar-refractivity contribution in [2.24, 2.45) is 0 Å². The number of thioether (sulfide) groups is 1. The molecular weight excluding hydrogens is 402 g/mol. The van der Waals surface area contributed by atoms with Crippen molar-refractivity contribution in [3.63, 3.8) is 0 Å². The van der Waals surface area contributed by atoms with Crippen LogP contribution in [-0.2, 0) is 9.53 Å². The molecule has 0 radical (unpaired) electrons. The molecule has 1 amide bonds. The van der Waals surface area contributed by atoms with Crippen molar-refractivity contribution >= 4 is 29.6 Å². The van der Waals surface area contributed by atoms with E-state index >= 15 is 0 Å². The van der Waals surface area contributed by atoms with Crippen molar-refractivity contribution in [1.29, 1.82) is 0 Å². The zero-order valence-corrected chi connectivity index (χ0v) is 18.7. The Balaban J connectivity index is 2.09. The third-order valence-electron chi connectivity index (χ3n) is 4.48. The van der Waals surface area contributed by atoms with Crippen molar-refractivity contribution in [3.8, 4) is 11.3 Å². The minimum Gasteiger partial charge on any atom is -0.465 e. The number of hydrogen-bond acceptors (Lipinski definition) is 8. The van der Waals surface area contributed by atoms with E-state index in [4.69, 9.17) is 10.5 Å². The molecule has 1 aromatic carbocycles. The molecule has 0 aliphatic carbocycles. The number of nitrogens with zero attached hydrogens (tertiary/aromatic N) is 2. The second-order valence-corrected chi connectivity index (χ2v) is 7.94. The van der Waals surface area contributed by atoms with E-state index in [1.807, 2.05) is 33.0 Å². The first-order chi connectivity index (χ1) is 14.3. The highest BCUT2D eigenvalue weighted by atomic mass is 32.2. The summed E-state index contributed by atoms with van der Waals surface area (Å²) in [6, 6.07) is 5.54. The van der Waals surface area contributed by atoms with Crippen molar-refractivity contribution < 1.29 is 14.3 Å². The molecule has 2 aromatic rings. The van der Waals surface area contributed by atoms with E-state index < -0.39 is 5.97 Å². The normalized spacial score (nSPS) is 10.7. The van der Waals surface area contributed by atoms with Crippen LogP contribution in [0, 0.1) is 13.8 Å². The van der Waals surface area contributed by atoms with Crippen molar-refractivity contribution in [2.75, 3.05) is 38.7 Å². The summed E-state index contributed by atoms with van der Waals surface area (Å²) in [7, 11) is 3.22. The third-order valence-corrected chi connectivity index (χ3v) is 5.39. The predicted molar refractivity (Wildman–Crippen MR) is 120 cm³/mol. The molecule has 0 aliphatic heterocycles. The Morgan fingerprint density at radius 1 is 1.13 bits per heavy atom. The van der Waals surface area contributed by atoms with Gasteiger partial charge in [0.25, 0.3) is 0 Å². The molecule has 1 aromatic heterocycles. The monoisotopic (exact) mass is 431 g/mol. The molecule has 0 saturated heterocycles. The molecule has 4 N–H and O–H groups in total. The molecule has 0 bridgehead atoms. The molecule has 0 unspecified atom stereocenters. The first-order valence-corrected chi connectivity index (χ1v) is 10.7. The van der Waals surface area contributed by atoms with Gasteiger partial charge in [0.1, 0.15) is 5.03 Å². The quantitative estimate of drug-likeness (QED) is 0.227. The lowest BCUT2D eigenvalue weighted by molar-refractivity contribution is -0.121. The minimum absolute atomic E-state index is 0.0411. The van der Waals surface area contributed by atoms with Gasteiger partial charge < -0.3 is 21.1 Å². The molecule has 0 fully saturated rings. The smallest absolute Gasteiger partial charge is 0.338 e. The molecule has 8 nitrogen and oxygen atoms in total. The van der Waals surface area contributed by atoms with Gasteiger partial charge >= 0.3 is 5.97 Å². The van der Waals surface area contributed by atoms with Gasteiger partial charge in [-0.25, -0.2) is 14.8 Å². The Kier molecular flexibility index (Phi) is 9.07. The van der Waals surface area contributed by atoms with Crippen molar-refractivity contribution in [3.05, 3.63) is 34.9 Å². The number of nitrogens with two attached hydrogens (primary N) is 1. The van der Waals surface area contributed by atoms with Gasteiger partial charge in [-0.2, -0.15) is 0 Å². The first-order valence-electron chi connectivity index (χ1n) is 9.74. The Bertz CT molecular complexity index is 904. The molecule has 9 heteroatoms. The summed E-state index contributed by atoms with van der Waals surface area (Å²) in [6.45, 7) is 5.18. The van der Waals surface area contributed by atoms with E-state index in [2.05, 4.69) is 20.6 Å². The predicted octanol–water partition coefficient (Wildman–Crippen LogP) is 2.34. The van der Waals surface area contributed by atoms with Crippen LogP contribution < -0.4 is 16.4 Å². The first kappa shape index (κ1) is 23.6. The number of anilines is 1. The number of nitrogen functional groups attached to an aromatic ring is 1. The van der Waals surface area contributed by atoms with Gasteiger partial charge in [0.2, 0.25) is 11.9 Å². The van der Waals surface area contributed by atoms with Crippen LogP contribution in [0.3, 0.4) is 0 Å². The highest BCUT2D eigenvalue weighted by Crippen LogP contribution is 2.28. The van der Waals surface area contributed by atoms with E-state index in [9.17, 15) is 9.59 Å². The summed E-state index contributed by atoms with van der Waals surface area (Å²) in [5.41, 5.74) is 9.67. The molecule has 0 spiro atoms. The van der Waals surface area contributed by atoms with E-state index in [0.29, 0.717) is 35.0 Å². The van der Waals surface area contributed by atoms with Crippen LogP contribution >= 0.6 is 11.8 Å². The second-order valence-electron chi connectivity index (χ2n) is 6.83. The minimum atomic E-state index is -0.393. The Morgan fingerprint density at radius 2 is 1.90 bits per heavy atom. The average molecular weight is 432 g/mol. The van der Waals surface area contributed by atoms with Gasteiger partial charge in [-0.05, 0) is 57.1 Å². The standard InChI is InChI=1S/C21H29N5O3S/c1-13-10-14(2)16(20(28)29-4)11-15(13)17-12-19(26-21(22)25-17)30-9-8-24-18(27)6-5-7-23-3/h10-12,23H,5-9H2,1-4H3,(H,24,27)(H2,22,25,26). The summed E-state index contributed by atoms with van der Waals surface area (Å²) in [5, 5.41) is 6.63. The molecule has 2 rings (SSSR count). The fraction of sp³-hybridized carbons (Fsp3) is 0.429. The summed E-state index contributed by atoms with van der Waals surface area (Å²) in [6.07, 6.45) is 1.32. The van der Waals surface area contributed by atoms with E-state index in [-0.39, 0.29) is 11.9 Å². The van der Waals surface area contributed by atoms with Gasteiger partial charge in [-0.15, -0.1) is 11.8 Å². The fourth-order valence-corrected chi connectivity index (χ4v) is 3.74. The molecular formula is C21H29N5O3S. The maximum absolute atomic E-state index is 12.1. The van der Waals surface area contributed by atoms with E-state index in [0.717, 1.165) is 29.7 Å². The summed E-state index contributed by atoms with van der Waals surface area (Å²) in [4.78, 5) is 32.4.